The summed E-state index contributed by atoms with van der Waals surface area (Å²) in [5, 5.41) is 2.99. The lowest BCUT2D eigenvalue weighted by Crippen LogP contribution is -2.34. The van der Waals surface area contributed by atoms with Gasteiger partial charge in [-0.2, -0.15) is 0 Å². The molecule has 0 bridgehead atoms. The zero-order valence-electron chi connectivity index (χ0n) is 9.66. The Morgan fingerprint density at radius 2 is 2.31 bits per heavy atom. The molecule has 1 rings (SSSR count). The van der Waals surface area contributed by atoms with Crippen LogP contribution in [0, 0.1) is 0 Å². The summed E-state index contributed by atoms with van der Waals surface area (Å²) >= 11 is 3.32. The van der Waals surface area contributed by atoms with Crippen LogP contribution in [0.5, 0.6) is 0 Å². The van der Waals surface area contributed by atoms with Crippen LogP contribution in [0.2, 0.25) is 0 Å². The third-order valence-corrected chi connectivity index (χ3v) is 3.08. The van der Waals surface area contributed by atoms with Crippen LogP contribution in [0.4, 0.5) is 0 Å². The summed E-state index contributed by atoms with van der Waals surface area (Å²) < 4.78 is 0.735. The lowest BCUT2D eigenvalue weighted by atomic mass is 10.1. The van der Waals surface area contributed by atoms with E-state index in [0.29, 0.717) is 5.69 Å². The van der Waals surface area contributed by atoms with Crippen LogP contribution in [0.3, 0.4) is 0 Å². The number of carbonyl (C=O) groups excluding carboxylic acids is 1. The SMILES string of the molecule is CCCC(CC)NC(=O)c1ncccc1Br. The molecule has 4 heteroatoms. The summed E-state index contributed by atoms with van der Waals surface area (Å²) in [4.78, 5) is 16.0. The predicted molar refractivity (Wildman–Crippen MR) is 68.4 cm³/mol. The van der Waals surface area contributed by atoms with Crippen LogP contribution in [0.1, 0.15) is 43.6 Å². The molecule has 0 radical (unpaired) electrons. The largest absolute Gasteiger partial charge is 0.348 e. The summed E-state index contributed by atoms with van der Waals surface area (Å²) in [6, 6.07) is 3.86. The minimum Gasteiger partial charge on any atom is -0.348 e. The molecule has 0 aromatic carbocycles. The van der Waals surface area contributed by atoms with Crippen LogP contribution in [-0.2, 0) is 0 Å². The molecule has 0 aliphatic rings. The van der Waals surface area contributed by atoms with E-state index in [1.54, 1.807) is 12.3 Å². The van der Waals surface area contributed by atoms with E-state index >= 15 is 0 Å². The standard InChI is InChI=1S/C12H17BrN2O/c1-3-6-9(4-2)15-12(16)11-10(13)7-5-8-14-11/h5,7-9H,3-4,6H2,1-2H3,(H,15,16). The molecule has 3 nitrogen and oxygen atoms in total. The second-order valence-electron chi connectivity index (χ2n) is 3.70. The van der Waals surface area contributed by atoms with Crippen molar-refractivity contribution < 1.29 is 4.79 Å². The second kappa shape index (κ2) is 6.63. The number of hydrogen-bond acceptors (Lipinski definition) is 2. The van der Waals surface area contributed by atoms with E-state index in [4.69, 9.17) is 0 Å². The van der Waals surface area contributed by atoms with Gasteiger partial charge in [0.2, 0.25) is 0 Å². The summed E-state index contributed by atoms with van der Waals surface area (Å²) in [6.45, 7) is 4.19. The first-order valence-electron chi connectivity index (χ1n) is 5.60. The van der Waals surface area contributed by atoms with Gasteiger partial charge in [0.05, 0.1) is 0 Å². The number of nitrogens with zero attached hydrogens (tertiary/aromatic N) is 1. The maximum absolute atomic E-state index is 11.9. The van der Waals surface area contributed by atoms with Crippen molar-refractivity contribution in [3.8, 4) is 0 Å². The summed E-state index contributed by atoms with van der Waals surface area (Å²) in [7, 11) is 0. The number of amides is 1. The van der Waals surface area contributed by atoms with Crippen molar-refractivity contribution in [2.24, 2.45) is 0 Å². The number of hydrogen-bond donors (Lipinski definition) is 1. The first-order valence-corrected chi connectivity index (χ1v) is 6.39. The minimum atomic E-state index is -0.104. The van der Waals surface area contributed by atoms with Crippen LogP contribution >= 0.6 is 15.9 Å². The van der Waals surface area contributed by atoms with Gasteiger partial charge in [0.15, 0.2) is 0 Å². The molecule has 0 aliphatic heterocycles. The van der Waals surface area contributed by atoms with E-state index in [9.17, 15) is 4.79 Å². The van der Waals surface area contributed by atoms with E-state index in [1.165, 1.54) is 0 Å². The van der Waals surface area contributed by atoms with Crippen molar-refractivity contribution >= 4 is 21.8 Å². The fourth-order valence-electron chi connectivity index (χ4n) is 1.53. The first kappa shape index (κ1) is 13.2. The molecule has 0 aliphatic carbocycles. The lowest BCUT2D eigenvalue weighted by molar-refractivity contribution is 0.0928. The number of aromatic nitrogens is 1. The van der Waals surface area contributed by atoms with E-state index in [2.05, 4.69) is 40.1 Å². The van der Waals surface area contributed by atoms with Crippen molar-refractivity contribution in [1.82, 2.24) is 10.3 Å². The van der Waals surface area contributed by atoms with Gasteiger partial charge in [-0.05, 0) is 40.9 Å². The highest BCUT2D eigenvalue weighted by molar-refractivity contribution is 9.10. The molecule has 0 spiro atoms. The average molecular weight is 285 g/mol. The van der Waals surface area contributed by atoms with E-state index in [0.717, 1.165) is 23.7 Å². The third kappa shape index (κ3) is 3.59. The van der Waals surface area contributed by atoms with Gasteiger partial charge < -0.3 is 5.32 Å². The Bertz CT molecular complexity index is 355. The van der Waals surface area contributed by atoms with E-state index < -0.39 is 0 Å². The first-order chi connectivity index (χ1) is 7.69. The number of carbonyl (C=O) groups is 1. The Morgan fingerprint density at radius 3 is 2.88 bits per heavy atom. The van der Waals surface area contributed by atoms with Gasteiger partial charge in [-0.15, -0.1) is 0 Å². The molecule has 16 heavy (non-hydrogen) atoms. The molecule has 0 saturated heterocycles. The summed E-state index contributed by atoms with van der Waals surface area (Å²) in [5.74, 6) is -0.104. The third-order valence-electron chi connectivity index (χ3n) is 2.44. The molecule has 1 aromatic heterocycles. The fraction of sp³-hybridized carbons (Fsp3) is 0.500. The Kier molecular flexibility index (Phi) is 5.46. The molecule has 1 N–H and O–H groups in total. The Morgan fingerprint density at radius 1 is 1.56 bits per heavy atom. The smallest absolute Gasteiger partial charge is 0.271 e. The molecule has 0 saturated carbocycles. The van der Waals surface area contributed by atoms with Gasteiger partial charge >= 0.3 is 0 Å². The van der Waals surface area contributed by atoms with Gasteiger partial charge in [-0.3, -0.25) is 4.79 Å². The molecule has 1 aromatic rings. The van der Waals surface area contributed by atoms with Gasteiger partial charge in [-0.1, -0.05) is 20.3 Å². The molecule has 1 amide bonds. The monoisotopic (exact) mass is 284 g/mol. The molecular formula is C12H17BrN2O. The number of pyridine rings is 1. The Balaban J connectivity index is 2.68. The van der Waals surface area contributed by atoms with Crippen LogP contribution in [0.15, 0.2) is 22.8 Å². The van der Waals surface area contributed by atoms with Crippen molar-refractivity contribution in [2.45, 2.75) is 39.2 Å². The van der Waals surface area contributed by atoms with Crippen LogP contribution in [0.25, 0.3) is 0 Å². The molecule has 1 heterocycles. The van der Waals surface area contributed by atoms with Crippen LogP contribution in [-0.4, -0.2) is 16.9 Å². The highest BCUT2D eigenvalue weighted by atomic mass is 79.9. The summed E-state index contributed by atoms with van der Waals surface area (Å²) in [6.07, 6.45) is 4.65. The Hall–Kier alpha value is -0.900. The van der Waals surface area contributed by atoms with Crippen molar-refractivity contribution in [3.05, 3.63) is 28.5 Å². The molecule has 88 valence electrons. The van der Waals surface area contributed by atoms with Crippen molar-refractivity contribution in [1.29, 1.82) is 0 Å². The van der Waals surface area contributed by atoms with Gasteiger partial charge in [-0.25, -0.2) is 4.98 Å². The van der Waals surface area contributed by atoms with Crippen molar-refractivity contribution in [3.63, 3.8) is 0 Å². The number of halogens is 1. The van der Waals surface area contributed by atoms with E-state index in [1.807, 2.05) is 6.07 Å². The Labute approximate surface area is 105 Å². The molecular weight excluding hydrogens is 268 g/mol. The topological polar surface area (TPSA) is 42.0 Å². The van der Waals surface area contributed by atoms with Gasteiger partial charge in [0.25, 0.3) is 5.91 Å². The highest BCUT2D eigenvalue weighted by Gasteiger charge is 2.14. The van der Waals surface area contributed by atoms with E-state index in [-0.39, 0.29) is 11.9 Å². The lowest BCUT2D eigenvalue weighted by Gasteiger charge is -2.15. The number of nitrogens with one attached hydrogen (secondary N) is 1. The molecule has 1 atom stereocenters. The zero-order chi connectivity index (χ0) is 12.0. The zero-order valence-corrected chi connectivity index (χ0v) is 11.3. The minimum absolute atomic E-state index is 0.104. The fourth-order valence-corrected chi connectivity index (χ4v) is 1.97. The summed E-state index contributed by atoms with van der Waals surface area (Å²) in [5.41, 5.74) is 0.456. The second-order valence-corrected chi connectivity index (χ2v) is 4.56. The average Bonchev–Trinajstić information content (AvgIpc) is 2.28. The molecule has 1 unspecified atom stereocenters. The highest BCUT2D eigenvalue weighted by Crippen LogP contribution is 2.13. The maximum Gasteiger partial charge on any atom is 0.271 e. The van der Waals surface area contributed by atoms with Gasteiger partial charge in [0.1, 0.15) is 5.69 Å². The predicted octanol–water partition coefficient (Wildman–Crippen LogP) is 3.15. The number of rotatable bonds is 5. The maximum atomic E-state index is 11.9. The quantitative estimate of drug-likeness (QED) is 0.903. The van der Waals surface area contributed by atoms with Crippen molar-refractivity contribution in [2.75, 3.05) is 0 Å². The normalized spacial score (nSPS) is 12.2. The van der Waals surface area contributed by atoms with Crippen LogP contribution < -0.4 is 5.32 Å². The molecule has 0 fully saturated rings. The van der Waals surface area contributed by atoms with Gasteiger partial charge in [0, 0.05) is 16.7 Å².